The van der Waals surface area contributed by atoms with Gasteiger partial charge in [-0.05, 0) is 37.3 Å². The molecule has 0 N–H and O–H groups in total. The Morgan fingerprint density at radius 3 is 2.56 bits per heavy atom. The number of esters is 1. The second kappa shape index (κ2) is 6.54. The number of nitrogens with zero attached hydrogens (tertiary/aromatic N) is 3. The molecule has 3 rings (SSSR count). The number of carbonyl (C=O) groups excluding carboxylic acids is 1. The van der Waals surface area contributed by atoms with Gasteiger partial charge in [-0.3, -0.25) is 4.79 Å². The number of halogens is 3. The van der Waals surface area contributed by atoms with E-state index in [0.29, 0.717) is 11.3 Å². The van der Waals surface area contributed by atoms with Crippen molar-refractivity contribution in [3.05, 3.63) is 47.4 Å². The number of alkyl halides is 2. The first-order valence-corrected chi connectivity index (χ1v) is 7.39. The highest BCUT2D eigenvalue weighted by Gasteiger charge is 2.22. The van der Waals surface area contributed by atoms with Crippen LogP contribution in [0.3, 0.4) is 0 Å². The number of hydrogen-bond acceptors (Lipinski definition) is 4. The molecule has 1 aromatic carbocycles. The minimum Gasteiger partial charge on any atom is -0.468 e. The summed E-state index contributed by atoms with van der Waals surface area (Å²) in [7, 11) is 1.23. The zero-order valence-corrected chi connectivity index (χ0v) is 13.5. The lowest BCUT2D eigenvalue weighted by atomic mass is 10.1. The largest absolute Gasteiger partial charge is 0.468 e. The fourth-order valence-corrected chi connectivity index (χ4v) is 2.62. The van der Waals surface area contributed by atoms with Crippen LogP contribution in [-0.4, -0.2) is 27.8 Å². The number of rotatable bonds is 4. The van der Waals surface area contributed by atoms with Crippen LogP contribution in [0.25, 0.3) is 22.3 Å². The van der Waals surface area contributed by atoms with Crippen molar-refractivity contribution in [1.82, 2.24) is 14.8 Å². The highest BCUT2D eigenvalue weighted by Crippen LogP contribution is 2.33. The summed E-state index contributed by atoms with van der Waals surface area (Å²) in [5, 5.41) is 4.33. The van der Waals surface area contributed by atoms with Crippen LogP contribution in [0.5, 0.6) is 0 Å². The number of fused-ring (bicyclic) bond motifs is 1. The number of carbonyl (C=O) groups is 1. The molecule has 0 amide bonds. The molecule has 0 aliphatic rings. The van der Waals surface area contributed by atoms with Crippen LogP contribution in [0.15, 0.2) is 30.3 Å². The maximum absolute atomic E-state index is 13.6. The van der Waals surface area contributed by atoms with Gasteiger partial charge in [-0.25, -0.2) is 22.8 Å². The number of ether oxygens (including phenoxy) is 1. The molecule has 0 saturated heterocycles. The van der Waals surface area contributed by atoms with Crippen molar-refractivity contribution >= 4 is 17.0 Å². The molecule has 0 bridgehead atoms. The highest BCUT2D eigenvalue weighted by molar-refractivity contribution is 5.86. The molecule has 0 fully saturated rings. The summed E-state index contributed by atoms with van der Waals surface area (Å²) >= 11 is 0. The van der Waals surface area contributed by atoms with Gasteiger partial charge in [0.25, 0.3) is 6.43 Å². The number of pyridine rings is 1. The molecule has 3 aromatic rings. The molecule has 0 atom stereocenters. The Bertz CT molecular complexity index is 936. The van der Waals surface area contributed by atoms with E-state index in [4.69, 9.17) is 0 Å². The van der Waals surface area contributed by atoms with Gasteiger partial charge >= 0.3 is 5.97 Å². The molecular weight excluding hydrogens is 335 g/mol. The van der Waals surface area contributed by atoms with Crippen LogP contribution in [-0.2, 0) is 16.1 Å². The molecule has 8 heteroatoms. The number of aryl methyl sites for hydroxylation is 1. The predicted molar refractivity (Wildman–Crippen MR) is 84.6 cm³/mol. The van der Waals surface area contributed by atoms with E-state index in [0.717, 1.165) is 0 Å². The summed E-state index contributed by atoms with van der Waals surface area (Å²) in [6, 6.07) is 6.61. The second-order valence-electron chi connectivity index (χ2n) is 5.42. The summed E-state index contributed by atoms with van der Waals surface area (Å²) in [6.45, 7) is 1.32. The van der Waals surface area contributed by atoms with E-state index in [1.807, 2.05) is 0 Å². The molecule has 0 spiro atoms. The Labute approximate surface area is 141 Å². The van der Waals surface area contributed by atoms with Gasteiger partial charge in [-0.15, -0.1) is 0 Å². The van der Waals surface area contributed by atoms with Crippen molar-refractivity contribution in [3.8, 4) is 11.3 Å². The fraction of sp³-hybridized carbons (Fsp3) is 0.235. The number of aromatic nitrogens is 3. The van der Waals surface area contributed by atoms with Crippen LogP contribution < -0.4 is 0 Å². The normalized spacial score (nSPS) is 11.3. The predicted octanol–water partition coefficient (Wildman–Crippen LogP) is 3.66. The van der Waals surface area contributed by atoms with Crippen LogP contribution >= 0.6 is 0 Å². The Hall–Kier alpha value is -2.90. The summed E-state index contributed by atoms with van der Waals surface area (Å²) in [5.74, 6) is -1.01. The molecular formula is C17H14F3N3O2. The molecule has 0 aliphatic heterocycles. The molecule has 0 radical (unpaired) electrons. The topological polar surface area (TPSA) is 57.0 Å². The van der Waals surface area contributed by atoms with E-state index >= 15 is 0 Å². The van der Waals surface area contributed by atoms with Crippen molar-refractivity contribution in [3.63, 3.8) is 0 Å². The number of hydrogen-bond donors (Lipinski definition) is 0. The van der Waals surface area contributed by atoms with Crippen LogP contribution in [0, 0.1) is 12.7 Å². The molecule has 5 nitrogen and oxygen atoms in total. The summed E-state index contributed by atoms with van der Waals surface area (Å²) < 4.78 is 46.1. The van der Waals surface area contributed by atoms with Gasteiger partial charge in [0.2, 0.25) is 0 Å². The van der Waals surface area contributed by atoms with E-state index in [2.05, 4.69) is 14.8 Å². The molecule has 130 valence electrons. The third-order valence-corrected chi connectivity index (χ3v) is 3.79. The Morgan fingerprint density at radius 2 is 1.96 bits per heavy atom. The van der Waals surface area contributed by atoms with E-state index in [1.54, 1.807) is 6.92 Å². The van der Waals surface area contributed by atoms with E-state index in [-0.39, 0.29) is 28.8 Å². The van der Waals surface area contributed by atoms with Crippen molar-refractivity contribution in [2.75, 3.05) is 7.11 Å². The van der Waals surface area contributed by atoms with Crippen molar-refractivity contribution in [2.24, 2.45) is 0 Å². The van der Waals surface area contributed by atoms with Crippen LogP contribution in [0.1, 0.15) is 17.7 Å². The van der Waals surface area contributed by atoms with Crippen molar-refractivity contribution in [1.29, 1.82) is 0 Å². The van der Waals surface area contributed by atoms with Gasteiger partial charge in [-0.1, -0.05) is 0 Å². The monoisotopic (exact) mass is 349 g/mol. The Morgan fingerprint density at radius 1 is 1.28 bits per heavy atom. The second-order valence-corrected chi connectivity index (χ2v) is 5.42. The SMILES string of the molecule is COC(=O)Cn1nc(C)c2c(C(F)F)cc(-c3ccc(F)cc3)nc21. The molecule has 2 heterocycles. The van der Waals surface area contributed by atoms with Gasteiger partial charge < -0.3 is 4.74 Å². The summed E-state index contributed by atoms with van der Waals surface area (Å²) in [6.07, 6.45) is -2.75. The summed E-state index contributed by atoms with van der Waals surface area (Å²) in [5.41, 5.74) is 0.979. The van der Waals surface area contributed by atoms with Gasteiger partial charge in [0.1, 0.15) is 12.4 Å². The molecule has 0 saturated carbocycles. The molecule has 25 heavy (non-hydrogen) atoms. The lowest BCUT2D eigenvalue weighted by molar-refractivity contribution is -0.141. The highest BCUT2D eigenvalue weighted by atomic mass is 19.3. The number of methoxy groups -OCH3 is 1. The van der Waals surface area contributed by atoms with Gasteiger partial charge in [0, 0.05) is 11.1 Å². The first-order chi connectivity index (χ1) is 11.9. The Kier molecular flexibility index (Phi) is 4.43. The third-order valence-electron chi connectivity index (χ3n) is 3.79. The van der Waals surface area contributed by atoms with E-state index in [1.165, 1.54) is 42.1 Å². The lowest BCUT2D eigenvalue weighted by Crippen LogP contribution is -2.13. The van der Waals surface area contributed by atoms with E-state index < -0.39 is 18.2 Å². The minimum atomic E-state index is -2.75. The quantitative estimate of drug-likeness (QED) is 0.675. The lowest BCUT2D eigenvalue weighted by Gasteiger charge is -2.08. The molecule has 2 aromatic heterocycles. The Balaban J connectivity index is 2.24. The maximum atomic E-state index is 13.6. The average Bonchev–Trinajstić information content (AvgIpc) is 2.90. The third kappa shape index (κ3) is 3.19. The van der Waals surface area contributed by atoms with E-state index in [9.17, 15) is 18.0 Å². The number of benzene rings is 1. The standard InChI is InChI=1S/C17H14F3N3O2/c1-9-15-12(16(19)20)7-13(10-3-5-11(18)6-4-10)21-17(15)23(22-9)8-14(24)25-2/h3-7,16H,8H2,1-2H3. The van der Waals surface area contributed by atoms with Crippen molar-refractivity contribution < 1.29 is 22.7 Å². The van der Waals surface area contributed by atoms with Gasteiger partial charge in [0.15, 0.2) is 5.65 Å². The zero-order valence-electron chi connectivity index (χ0n) is 13.5. The van der Waals surface area contributed by atoms with Gasteiger partial charge in [0.05, 0.1) is 23.9 Å². The summed E-state index contributed by atoms with van der Waals surface area (Å²) in [4.78, 5) is 15.9. The molecule has 0 aliphatic carbocycles. The van der Waals surface area contributed by atoms with Crippen LogP contribution in [0.4, 0.5) is 13.2 Å². The molecule has 0 unspecified atom stereocenters. The first kappa shape index (κ1) is 16.9. The van der Waals surface area contributed by atoms with Crippen molar-refractivity contribution in [2.45, 2.75) is 19.9 Å². The average molecular weight is 349 g/mol. The maximum Gasteiger partial charge on any atom is 0.327 e. The fourth-order valence-electron chi connectivity index (χ4n) is 2.62. The smallest absolute Gasteiger partial charge is 0.327 e. The zero-order chi connectivity index (χ0) is 18.1. The first-order valence-electron chi connectivity index (χ1n) is 7.39. The van der Waals surface area contributed by atoms with Crippen LogP contribution in [0.2, 0.25) is 0 Å². The minimum absolute atomic E-state index is 0.153. The van der Waals surface area contributed by atoms with Gasteiger partial charge in [-0.2, -0.15) is 5.10 Å².